The van der Waals surface area contributed by atoms with Crippen LogP contribution in [0.3, 0.4) is 0 Å². The van der Waals surface area contributed by atoms with Crippen molar-refractivity contribution in [1.82, 2.24) is 4.90 Å². The molecule has 0 fully saturated rings. The SMILES string of the molecule is CCc1ccc(CN(C)CCCCCN)cc1. The van der Waals surface area contributed by atoms with Gasteiger partial charge in [-0.1, -0.05) is 37.6 Å². The molecule has 0 aromatic heterocycles. The molecule has 96 valence electrons. The Labute approximate surface area is 106 Å². The molecule has 1 aromatic carbocycles. The molecule has 17 heavy (non-hydrogen) atoms. The van der Waals surface area contributed by atoms with Gasteiger partial charge in [-0.25, -0.2) is 0 Å². The minimum atomic E-state index is 0.822. The summed E-state index contributed by atoms with van der Waals surface area (Å²) in [6.07, 6.45) is 4.77. The molecule has 0 radical (unpaired) electrons. The van der Waals surface area contributed by atoms with Gasteiger partial charge in [0.1, 0.15) is 0 Å². The number of hydrogen-bond donors (Lipinski definition) is 1. The van der Waals surface area contributed by atoms with Crippen LogP contribution in [0.2, 0.25) is 0 Å². The average Bonchev–Trinajstić information content (AvgIpc) is 2.36. The van der Waals surface area contributed by atoms with Gasteiger partial charge in [0.2, 0.25) is 0 Å². The van der Waals surface area contributed by atoms with Crippen LogP contribution >= 0.6 is 0 Å². The van der Waals surface area contributed by atoms with Gasteiger partial charge in [-0.05, 0) is 50.5 Å². The first-order valence-electron chi connectivity index (χ1n) is 6.72. The minimum Gasteiger partial charge on any atom is -0.330 e. The third-order valence-electron chi connectivity index (χ3n) is 3.13. The molecule has 0 heterocycles. The zero-order valence-corrected chi connectivity index (χ0v) is 11.3. The van der Waals surface area contributed by atoms with E-state index in [1.54, 1.807) is 0 Å². The molecule has 2 N–H and O–H groups in total. The summed E-state index contributed by atoms with van der Waals surface area (Å²) in [5.41, 5.74) is 8.30. The van der Waals surface area contributed by atoms with Gasteiger partial charge in [0.15, 0.2) is 0 Å². The molecule has 1 rings (SSSR count). The Morgan fingerprint density at radius 2 is 1.65 bits per heavy atom. The summed E-state index contributed by atoms with van der Waals surface area (Å²) in [6, 6.07) is 8.96. The molecule has 2 nitrogen and oxygen atoms in total. The lowest BCUT2D eigenvalue weighted by atomic mass is 10.1. The normalized spacial score (nSPS) is 11.1. The Bertz CT molecular complexity index is 292. The van der Waals surface area contributed by atoms with Crippen LogP contribution in [0.1, 0.15) is 37.3 Å². The minimum absolute atomic E-state index is 0.822. The van der Waals surface area contributed by atoms with Gasteiger partial charge in [0.25, 0.3) is 0 Å². The number of rotatable bonds is 8. The monoisotopic (exact) mass is 234 g/mol. The van der Waals surface area contributed by atoms with E-state index in [1.807, 2.05) is 0 Å². The lowest BCUT2D eigenvalue weighted by Gasteiger charge is -2.16. The molecule has 0 aliphatic rings. The first kappa shape index (κ1) is 14.2. The summed E-state index contributed by atoms with van der Waals surface area (Å²) in [6.45, 7) is 5.23. The van der Waals surface area contributed by atoms with Crippen molar-refractivity contribution in [3.05, 3.63) is 35.4 Å². The zero-order valence-electron chi connectivity index (χ0n) is 11.3. The fraction of sp³-hybridized carbons (Fsp3) is 0.600. The molecular weight excluding hydrogens is 208 g/mol. The van der Waals surface area contributed by atoms with Gasteiger partial charge < -0.3 is 10.6 Å². The van der Waals surface area contributed by atoms with E-state index in [9.17, 15) is 0 Å². The predicted octanol–water partition coefficient (Wildman–Crippen LogP) is 2.81. The molecule has 0 amide bonds. The van der Waals surface area contributed by atoms with E-state index < -0.39 is 0 Å². The first-order chi connectivity index (χ1) is 8.26. The van der Waals surface area contributed by atoms with Gasteiger partial charge in [-0.2, -0.15) is 0 Å². The van der Waals surface area contributed by atoms with Crippen LogP contribution < -0.4 is 5.73 Å². The van der Waals surface area contributed by atoms with Gasteiger partial charge >= 0.3 is 0 Å². The van der Waals surface area contributed by atoms with E-state index in [2.05, 4.69) is 43.1 Å². The highest BCUT2D eigenvalue weighted by Crippen LogP contribution is 2.08. The van der Waals surface area contributed by atoms with Gasteiger partial charge in [-0.3, -0.25) is 0 Å². The number of nitrogens with zero attached hydrogens (tertiary/aromatic N) is 1. The number of aryl methyl sites for hydroxylation is 1. The lowest BCUT2D eigenvalue weighted by molar-refractivity contribution is 0.317. The third-order valence-corrected chi connectivity index (χ3v) is 3.13. The second-order valence-electron chi connectivity index (χ2n) is 4.76. The van der Waals surface area contributed by atoms with Crippen LogP contribution in [0.5, 0.6) is 0 Å². The number of benzene rings is 1. The quantitative estimate of drug-likeness (QED) is 0.701. The van der Waals surface area contributed by atoms with Crippen molar-refractivity contribution in [2.24, 2.45) is 5.73 Å². The molecule has 0 spiro atoms. The third kappa shape index (κ3) is 5.85. The van der Waals surface area contributed by atoms with Crippen molar-refractivity contribution >= 4 is 0 Å². The van der Waals surface area contributed by atoms with Gasteiger partial charge in [-0.15, -0.1) is 0 Å². The Balaban J connectivity index is 2.26. The van der Waals surface area contributed by atoms with E-state index >= 15 is 0 Å². The average molecular weight is 234 g/mol. The van der Waals surface area contributed by atoms with Crippen LogP contribution in [0.25, 0.3) is 0 Å². The molecule has 0 aliphatic heterocycles. The molecule has 0 unspecified atom stereocenters. The van der Waals surface area contributed by atoms with Crippen LogP contribution in [0, 0.1) is 0 Å². The van der Waals surface area contributed by atoms with Gasteiger partial charge in [0.05, 0.1) is 0 Å². The van der Waals surface area contributed by atoms with Crippen LogP contribution in [0.15, 0.2) is 24.3 Å². The van der Waals surface area contributed by atoms with Crippen LogP contribution in [-0.2, 0) is 13.0 Å². The molecular formula is C15H26N2. The summed E-state index contributed by atoms with van der Waals surface area (Å²) >= 11 is 0. The fourth-order valence-electron chi connectivity index (χ4n) is 1.97. The fourth-order valence-corrected chi connectivity index (χ4v) is 1.97. The topological polar surface area (TPSA) is 29.3 Å². The standard InChI is InChI=1S/C15H26N2/c1-3-14-7-9-15(10-8-14)13-17(2)12-6-4-5-11-16/h7-10H,3-6,11-13,16H2,1-2H3. The highest BCUT2D eigenvalue weighted by Gasteiger charge is 2.00. The number of unbranched alkanes of at least 4 members (excludes halogenated alkanes) is 2. The van der Waals surface area contributed by atoms with E-state index in [0.717, 1.165) is 32.5 Å². The van der Waals surface area contributed by atoms with Crippen molar-refractivity contribution in [3.8, 4) is 0 Å². The summed E-state index contributed by atoms with van der Waals surface area (Å²) in [4.78, 5) is 2.39. The number of nitrogens with two attached hydrogens (primary N) is 1. The van der Waals surface area contributed by atoms with Crippen LogP contribution in [0.4, 0.5) is 0 Å². The second-order valence-corrected chi connectivity index (χ2v) is 4.76. The summed E-state index contributed by atoms with van der Waals surface area (Å²) in [5.74, 6) is 0. The summed E-state index contributed by atoms with van der Waals surface area (Å²) in [7, 11) is 2.19. The lowest BCUT2D eigenvalue weighted by Crippen LogP contribution is -2.19. The molecule has 0 saturated carbocycles. The smallest absolute Gasteiger partial charge is 0.0230 e. The molecule has 2 heteroatoms. The van der Waals surface area contributed by atoms with E-state index in [0.29, 0.717) is 0 Å². The van der Waals surface area contributed by atoms with Crippen molar-refractivity contribution < 1.29 is 0 Å². The Kier molecular flexibility index (Phi) is 6.90. The zero-order chi connectivity index (χ0) is 12.5. The maximum Gasteiger partial charge on any atom is 0.0230 e. The van der Waals surface area contributed by atoms with Crippen molar-refractivity contribution in [1.29, 1.82) is 0 Å². The molecule has 0 bridgehead atoms. The largest absolute Gasteiger partial charge is 0.330 e. The highest BCUT2D eigenvalue weighted by atomic mass is 15.1. The Morgan fingerprint density at radius 1 is 1.00 bits per heavy atom. The summed E-state index contributed by atoms with van der Waals surface area (Å²) in [5, 5.41) is 0. The van der Waals surface area contributed by atoms with Crippen molar-refractivity contribution in [2.75, 3.05) is 20.1 Å². The number of hydrogen-bond acceptors (Lipinski definition) is 2. The maximum atomic E-state index is 5.48. The van der Waals surface area contributed by atoms with Crippen LogP contribution in [-0.4, -0.2) is 25.0 Å². The molecule has 0 aliphatic carbocycles. The van der Waals surface area contributed by atoms with E-state index in [4.69, 9.17) is 5.73 Å². The molecule has 1 aromatic rings. The predicted molar refractivity (Wildman–Crippen MR) is 75.1 cm³/mol. The van der Waals surface area contributed by atoms with Crippen molar-refractivity contribution in [3.63, 3.8) is 0 Å². The summed E-state index contributed by atoms with van der Waals surface area (Å²) < 4.78 is 0. The Hall–Kier alpha value is -0.860. The van der Waals surface area contributed by atoms with E-state index in [1.165, 1.54) is 24.0 Å². The van der Waals surface area contributed by atoms with Crippen molar-refractivity contribution in [2.45, 2.75) is 39.2 Å². The van der Waals surface area contributed by atoms with Gasteiger partial charge in [0, 0.05) is 6.54 Å². The molecule has 0 atom stereocenters. The molecule has 0 saturated heterocycles. The van der Waals surface area contributed by atoms with E-state index in [-0.39, 0.29) is 0 Å². The highest BCUT2D eigenvalue weighted by molar-refractivity contribution is 5.22. The maximum absolute atomic E-state index is 5.48. The Morgan fingerprint density at radius 3 is 2.24 bits per heavy atom. The first-order valence-corrected chi connectivity index (χ1v) is 6.72. The second kappa shape index (κ2) is 8.26.